The van der Waals surface area contributed by atoms with Gasteiger partial charge in [-0.3, -0.25) is 4.79 Å². The Morgan fingerprint density at radius 3 is 2.14 bits per heavy atom. The zero-order valence-electron chi connectivity index (χ0n) is 16.6. The lowest BCUT2D eigenvalue weighted by atomic mass is 10.0. The number of urea groups is 1. The molecule has 1 N–H and O–H groups in total. The fraction of sp³-hybridized carbons (Fsp3) is 0.600. The lowest BCUT2D eigenvalue weighted by Gasteiger charge is -2.38. The molecule has 7 nitrogen and oxygen atoms in total. The van der Waals surface area contributed by atoms with E-state index < -0.39 is 6.04 Å². The summed E-state index contributed by atoms with van der Waals surface area (Å²) in [5, 5.41) is 3.68. The molecule has 2 aliphatic heterocycles. The highest BCUT2D eigenvalue weighted by atomic mass is 35.5. The normalized spacial score (nSPS) is 18.9. The van der Waals surface area contributed by atoms with Crippen molar-refractivity contribution in [3.05, 3.63) is 29.3 Å². The average molecular weight is 409 g/mol. The van der Waals surface area contributed by atoms with Gasteiger partial charge in [-0.1, -0.05) is 25.4 Å². The third kappa shape index (κ3) is 5.08. The van der Waals surface area contributed by atoms with Crippen LogP contribution in [0.25, 0.3) is 0 Å². The number of hydrogen-bond donors (Lipinski definition) is 1. The van der Waals surface area contributed by atoms with Gasteiger partial charge in [0.15, 0.2) is 0 Å². The molecule has 0 spiro atoms. The summed E-state index contributed by atoms with van der Waals surface area (Å²) >= 11 is 5.95. The van der Waals surface area contributed by atoms with Gasteiger partial charge in [0.1, 0.15) is 6.04 Å². The number of nitrogens with zero attached hydrogens (tertiary/aromatic N) is 3. The number of anilines is 1. The van der Waals surface area contributed by atoms with E-state index in [0.717, 1.165) is 18.8 Å². The van der Waals surface area contributed by atoms with E-state index in [4.69, 9.17) is 16.3 Å². The van der Waals surface area contributed by atoms with E-state index in [2.05, 4.69) is 10.2 Å². The molecule has 2 saturated heterocycles. The van der Waals surface area contributed by atoms with Gasteiger partial charge in [-0.05, 0) is 30.2 Å². The topological polar surface area (TPSA) is 65.1 Å². The monoisotopic (exact) mass is 408 g/mol. The molecular formula is C20H29ClN4O3. The van der Waals surface area contributed by atoms with Crippen LogP contribution in [0.1, 0.15) is 13.8 Å². The number of hydrogen-bond acceptors (Lipinski definition) is 4. The molecular weight excluding hydrogens is 380 g/mol. The van der Waals surface area contributed by atoms with Gasteiger partial charge in [0.05, 0.1) is 13.2 Å². The molecule has 0 aliphatic carbocycles. The second-order valence-electron chi connectivity index (χ2n) is 7.56. The van der Waals surface area contributed by atoms with Crippen molar-refractivity contribution in [3.8, 4) is 0 Å². The van der Waals surface area contributed by atoms with Gasteiger partial charge < -0.3 is 24.8 Å². The molecule has 1 aromatic rings. The summed E-state index contributed by atoms with van der Waals surface area (Å²) in [6.07, 6.45) is 0. The summed E-state index contributed by atoms with van der Waals surface area (Å²) in [5.74, 6) is 0.00102. The molecule has 0 aromatic heterocycles. The molecule has 3 amide bonds. The Kier molecular flexibility index (Phi) is 7.02. The molecule has 28 heavy (non-hydrogen) atoms. The van der Waals surface area contributed by atoms with Crippen LogP contribution in [0.4, 0.5) is 10.5 Å². The highest BCUT2D eigenvalue weighted by Gasteiger charge is 2.31. The minimum atomic E-state index is -0.514. The van der Waals surface area contributed by atoms with Crippen molar-refractivity contribution >= 4 is 29.2 Å². The number of rotatable bonds is 4. The van der Waals surface area contributed by atoms with Crippen LogP contribution < -0.4 is 10.2 Å². The molecule has 0 unspecified atom stereocenters. The van der Waals surface area contributed by atoms with Crippen LogP contribution >= 0.6 is 11.6 Å². The minimum Gasteiger partial charge on any atom is -0.378 e. The predicted molar refractivity (Wildman–Crippen MR) is 110 cm³/mol. The highest BCUT2D eigenvalue weighted by Crippen LogP contribution is 2.19. The van der Waals surface area contributed by atoms with Crippen LogP contribution in [0.15, 0.2) is 24.3 Å². The molecule has 0 saturated carbocycles. The SMILES string of the molecule is CC(C)[C@@H](NC(=O)N1CCN(c2ccc(Cl)cc2)CC1)C(=O)N1CCOCC1. The van der Waals surface area contributed by atoms with Crippen LogP contribution in [0, 0.1) is 5.92 Å². The lowest BCUT2D eigenvalue weighted by Crippen LogP contribution is -2.58. The smallest absolute Gasteiger partial charge is 0.318 e. The first-order valence-electron chi connectivity index (χ1n) is 9.88. The fourth-order valence-corrected chi connectivity index (χ4v) is 3.66. The molecule has 1 atom stereocenters. The summed E-state index contributed by atoms with van der Waals surface area (Å²) in [7, 11) is 0. The number of nitrogens with one attached hydrogen (secondary N) is 1. The van der Waals surface area contributed by atoms with Gasteiger partial charge in [0, 0.05) is 50.0 Å². The van der Waals surface area contributed by atoms with Crippen molar-refractivity contribution in [1.29, 1.82) is 0 Å². The summed E-state index contributed by atoms with van der Waals surface area (Å²) < 4.78 is 5.32. The standard InChI is InChI=1S/C20H29ClN4O3/c1-15(2)18(19(26)24-11-13-28-14-12-24)22-20(27)25-9-7-23(8-10-25)17-5-3-16(21)4-6-17/h3-6,15,18H,7-14H2,1-2H3,(H,22,27)/t18-/m1/s1. The zero-order valence-corrected chi connectivity index (χ0v) is 17.3. The van der Waals surface area contributed by atoms with Gasteiger partial charge >= 0.3 is 6.03 Å². The first-order chi connectivity index (χ1) is 13.5. The molecule has 0 radical (unpaired) electrons. The first-order valence-corrected chi connectivity index (χ1v) is 10.3. The van der Waals surface area contributed by atoms with Crippen molar-refractivity contribution < 1.29 is 14.3 Å². The van der Waals surface area contributed by atoms with E-state index in [0.29, 0.717) is 44.4 Å². The Balaban J connectivity index is 1.54. The van der Waals surface area contributed by atoms with E-state index in [1.807, 2.05) is 38.1 Å². The second-order valence-corrected chi connectivity index (χ2v) is 8.00. The third-order valence-electron chi connectivity index (χ3n) is 5.29. The van der Waals surface area contributed by atoms with Crippen molar-refractivity contribution in [2.75, 3.05) is 57.4 Å². The van der Waals surface area contributed by atoms with Crippen molar-refractivity contribution in [3.63, 3.8) is 0 Å². The van der Waals surface area contributed by atoms with Gasteiger partial charge in [-0.25, -0.2) is 4.79 Å². The first kappa shape index (κ1) is 20.7. The average Bonchev–Trinajstić information content (AvgIpc) is 2.72. The predicted octanol–water partition coefficient (Wildman–Crippen LogP) is 2.05. The molecule has 0 bridgehead atoms. The third-order valence-corrected chi connectivity index (χ3v) is 5.55. The summed E-state index contributed by atoms with van der Waals surface area (Å²) in [4.78, 5) is 31.4. The number of halogens is 1. The van der Waals surface area contributed by atoms with Crippen LogP contribution in [0.3, 0.4) is 0 Å². The van der Waals surface area contributed by atoms with Gasteiger partial charge in [0.2, 0.25) is 5.91 Å². The molecule has 1 aromatic carbocycles. The number of piperazine rings is 1. The van der Waals surface area contributed by atoms with Crippen LogP contribution in [-0.4, -0.2) is 80.3 Å². The Hall–Kier alpha value is -1.99. The van der Waals surface area contributed by atoms with Gasteiger partial charge in [-0.15, -0.1) is 0 Å². The maximum Gasteiger partial charge on any atom is 0.318 e. The van der Waals surface area contributed by atoms with Crippen LogP contribution in [-0.2, 0) is 9.53 Å². The van der Waals surface area contributed by atoms with E-state index in [1.165, 1.54) is 0 Å². The zero-order chi connectivity index (χ0) is 20.1. The minimum absolute atomic E-state index is 0.0218. The van der Waals surface area contributed by atoms with Crippen molar-refractivity contribution in [2.24, 2.45) is 5.92 Å². The fourth-order valence-electron chi connectivity index (χ4n) is 3.54. The second kappa shape index (κ2) is 9.47. The number of ether oxygens (including phenoxy) is 1. The van der Waals surface area contributed by atoms with Crippen molar-refractivity contribution in [1.82, 2.24) is 15.1 Å². The molecule has 2 aliphatic rings. The quantitative estimate of drug-likeness (QED) is 0.828. The highest BCUT2D eigenvalue weighted by molar-refractivity contribution is 6.30. The lowest BCUT2D eigenvalue weighted by molar-refractivity contribution is -0.138. The van der Waals surface area contributed by atoms with E-state index in [1.54, 1.807) is 9.80 Å². The Labute approximate surface area is 171 Å². The largest absolute Gasteiger partial charge is 0.378 e. The van der Waals surface area contributed by atoms with E-state index in [9.17, 15) is 9.59 Å². The van der Waals surface area contributed by atoms with Crippen molar-refractivity contribution in [2.45, 2.75) is 19.9 Å². The maximum atomic E-state index is 12.8. The number of carbonyl (C=O) groups is 2. The Bertz CT molecular complexity index is 669. The van der Waals surface area contributed by atoms with Gasteiger partial charge in [-0.2, -0.15) is 0 Å². The number of benzene rings is 1. The molecule has 154 valence electrons. The summed E-state index contributed by atoms with van der Waals surface area (Å²) in [5.41, 5.74) is 1.10. The summed E-state index contributed by atoms with van der Waals surface area (Å²) in [6.45, 7) is 8.92. The molecule has 3 rings (SSSR count). The molecule has 2 fully saturated rings. The molecule has 8 heteroatoms. The maximum absolute atomic E-state index is 12.8. The van der Waals surface area contributed by atoms with Crippen LogP contribution in [0.2, 0.25) is 5.02 Å². The van der Waals surface area contributed by atoms with Gasteiger partial charge in [0.25, 0.3) is 0 Å². The summed E-state index contributed by atoms with van der Waals surface area (Å²) in [6, 6.07) is 7.05. The molecule has 2 heterocycles. The number of morpholine rings is 1. The van der Waals surface area contributed by atoms with E-state index in [-0.39, 0.29) is 17.9 Å². The Morgan fingerprint density at radius 1 is 0.964 bits per heavy atom. The number of carbonyl (C=O) groups excluding carboxylic acids is 2. The van der Waals surface area contributed by atoms with E-state index >= 15 is 0 Å². The number of amides is 3. The van der Waals surface area contributed by atoms with Crippen LogP contribution in [0.5, 0.6) is 0 Å². The Morgan fingerprint density at radius 2 is 1.57 bits per heavy atom.